The topological polar surface area (TPSA) is 107 Å². The lowest BCUT2D eigenvalue weighted by atomic mass is 9.99. The highest BCUT2D eigenvalue weighted by molar-refractivity contribution is 5.54. The smallest absolute Gasteiger partial charge is 0.282 e. The molecule has 0 bridgehead atoms. The number of hydrogen-bond donors (Lipinski definition) is 1. The summed E-state index contributed by atoms with van der Waals surface area (Å²) in [5, 5.41) is 32.2. The Bertz CT molecular complexity index is 486. The SMILES string of the molecule is CCCCCCCCC(O)c1c([N+](=O)[O-])cccc1[N+](=O)[O-]. The van der Waals surface area contributed by atoms with E-state index in [2.05, 4.69) is 6.92 Å². The first-order valence-corrected chi connectivity index (χ1v) is 7.58. The van der Waals surface area contributed by atoms with Gasteiger partial charge in [-0.3, -0.25) is 20.2 Å². The highest BCUT2D eigenvalue weighted by atomic mass is 16.6. The number of aliphatic hydroxyl groups is 1. The maximum atomic E-state index is 11.0. The molecule has 1 aromatic carbocycles. The lowest BCUT2D eigenvalue weighted by molar-refractivity contribution is -0.396. The second kappa shape index (κ2) is 9.09. The van der Waals surface area contributed by atoms with Gasteiger partial charge in [-0.25, -0.2) is 0 Å². The number of unbranched alkanes of at least 4 members (excludes halogenated alkanes) is 5. The van der Waals surface area contributed by atoms with Gasteiger partial charge in [0.15, 0.2) is 0 Å². The van der Waals surface area contributed by atoms with Gasteiger partial charge in [-0.05, 0) is 12.5 Å². The molecular weight excluding hydrogens is 288 g/mol. The van der Waals surface area contributed by atoms with Gasteiger partial charge >= 0.3 is 0 Å². The molecule has 0 spiro atoms. The summed E-state index contributed by atoms with van der Waals surface area (Å²) < 4.78 is 0. The summed E-state index contributed by atoms with van der Waals surface area (Å²) in [5.41, 5.74) is -0.980. The van der Waals surface area contributed by atoms with Crippen LogP contribution in [-0.2, 0) is 0 Å². The van der Waals surface area contributed by atoms with Crippen LogP contribution in [-0.4, -0.2) is 15.0 Å². The lowest BCUT2D eigenvalue weighted by Crippen LogP contribution is -2.06. The molecule has 0 radical (unpaired) electrons. The van der Waals surface area contributed by atoms with Crippen LogP contribution >= 0.6 is 0 Å². The first-order chi connectivity index (χ1) is 10.5. The minimum Gasteiger partial charge on any atom is -0.388 e. The number of benzene rings is 1. The predicted molar refractivity (Wildman–Crippen MR) is 82.7 cm³/mol. The Balaban J connectivity index is 2.76. The van der Waals surface area contributed by atoms with Gasteiger partial charge in [0, 0.05) is 12.1 Å². The standard InChI is InChI=1S/C15H22N2O5/c1-2-3-4-5-6-7-11-14(18)15-12(16(19)20)9-8-10-13(15)17(21)22/h8-10,14,18H,2-7,11H2,1H3. The predicted octanol–water partition coefficient (Wildman–Crippen LogP) is 4.29. The van der Waals surface area contributed by atoms with Crippen LogP contribution in [0.15, 0.2) is 18.2 Å². The minimum atomic E-state index is -1.19. The van der Waals surface area contributed by atoms with Crippen molar-refractivity contribution >= 4 is 11.4 Å². The van der Waals surface area contributed by atoms with Crippen LogP contribution in [0.3, 0.4) is 0 Å². The summed E-state index contributed by atoms with van der Waals surface area (Å²) in [7, 11) is 0. The molecule has 1 rings (SSSR count). The molecule has 1 atom stereocenters. The molecule has 0 aliphatic rings. The number of nitro benzene ring substituents is 2. The van der Waals surface area contributed by atoms with E-state index in [1.54, 1.807) is 0 Å². The molecule has 22 heavy (non-hydrogen) atoms. The second-order valence-electron chi connectivity index (χ2n) is 5.30. The van der Waals surface area contributed by atoms with Crippen LogP contribution in [0.2, 0.25) is 0 Å². The van der Waals surface area contributed by atoms with Gasteiger partial charge in [0.05, 0.1) is 16.0 Å². The fourth-order valence-corrected chi connectivity index (χ4v) is 2.46. The largest absolute Gasteiger partial charge is 0.388 e. The van der Waals surface area contributed by atoms with E-state index in [0.717, 1.165) is 32.1 Å². The van der Waals surface area contributed by atoms with Crippen LogP contribution in [0.1, 0.15) is 63.5 Å². The average Bonchev–Trinajstić information content (AvgIpc) is 2.49. The van der Waals surface area contributed by atoms with Crippen molar-refractivity contribution in [2.75, 3.05) is 0 Å². The molecule has 0 amide bonds. The summed E-state index contributed by atoms with van der Waals surface area (Å²) in [5.74, 6) is 0. The fourth-order valence-electron chi connectivity index (χ4n) is 2.46. The van der Waals surface area contributed by atoms with Gasteiger partial charge < -0.3 is 5.11 Å². The van der Waals surface area contributed by atoms with Crippen LogP contribution in [0.5, 0.6) is 0 Å². The molecule has 0 saturated heterocycles. The monoisotopic (exact) mass is 310 g/mol. The number of aliphatic hydroxyl groups excluding tert-OH is 1. The molecule has 1 N–H and O–H groups in total. The Labute approximate surface area is 129 Å². The molecule has 0 saturated carbocycles. The van der Waals surface area contributed by atoms with E-state index in [1.165, 1.54) is 18.2 Å². The zero-order valence-electron chi connectivity index (χ0n) is 12.7. The Morgan fingerprint density at radius 2 is 1.50 bits per heavy atom. The second-order valence-corrected chi connectivity index (χ2v) is 5.30. The number of nitro groups is 2. The van der Waals surface area contributed by atoms with Crippen molar-refractivity contribution in [2.24, 2.45) is 0 Å². The molecule has 7 heteroatoms. The maximum Gasteiger partial charge on any atom is 0.282 e. The third-order valence-corrected chi connectivity index (χ3v) is 3.62. The van der Waals surface area contributed by atoms with Gasteiger partial charge in [0.1, 0.15) is 5.56 Å². The van der Waals surface area contributed by atoms with E-state index in [9.17, 15) is 25.3 Å². The summed E-state index contributed by atoms with van der Waals surface area (Å²) >= 11 is 0. The summed E-state index contributed by atoms with van der Waals surface area (Å²) in [4.78, 5) is 20.7. The van der Waals surface area contributed by atoms with E-state index < -0.39 is 27.3 Å². The zero-order chi connectivity index (χ0) is 16.5. The van der Waals surface area contributed by atoms with Crippen LogP contribution in [0.4, 0.5) is 11.4 Å². The van der Waals surface area contributed by atoms with Gasteiger partial charge in [0.2, 0.25) is 0 Å². The number of hydrogen-bond acceptors (Lipinski definition) is 5. The van der Waals surface area contributed by atoms with E-state index in [0.29, 0.717) is 6.42 Å². The van der Waals surface area contributed by atoms with E-state index in [-0.39, 0.29) is 12.0 Å². The molecule has 122 valence electrons. The fraction of sp³-hybridized carbons (Fsp3) is 0.600. The Morgan fingerprint density at radius 3 is 2.00 bits per heavy atom. The molecular formula is C15H22N2O5. The van der Waals surface area contributed by atoms with E-state index in [4.69, 9.17) is 0 Å². The number of nitrogens with zero attached hydrogens (tertiary/aromatic N) is 2. The summed E-state index contributed by atoms with van der Waals surface area (Å²) in [6.45, 7) is 2.12. The van der Waals surface area contributed by atoms with Gasteiger partial charge in [-0.15, -0.1) is 0 Å². The number of rotatable bonds is 10. The van der Waals surface area contributed by atoms with Crippen LogP contribution < -0.4 is 0 Å². The quantitative estimate of drug-likeness (QED) is 0.394. The minimum absolute atomic E-state index is 0.189. The van der Waals surface area contributed by atoms with Crippen molar-refractivity contribution in [3.63, 3.8) is 0 Å². The molecule has 0 aliphatic heterocycles. The normalized spacial score (nSPS) is 12.1. The molecule has 0 fully saturated rings. The lowest BCUT2D eigenvalue weighted by Gasteiger charge is -2.11. The Hall–Kier alpha value is -2.02. The Kier molecular flexibility index (Phi) is 7.45. The van der Waals surface area contributed by atoms with Crippen LogP contribution in [0, 0.1) is 20.2 Å². The van der Waals surface area contributed by atoms with Crippen molar-refractivity contribution < 1.29 is 15.0 Å². The van der Waals surface area contributed by atoms with E-state index in [1.807, 2.05) is 0 Å². The molecule has 0 aromatic heterocycles. The molecule has 0 aliphatic carbocycles. The highest BCUT2D eigenvalue weighted by Crippen LogP contribution is 2.35. The molecule has 1 aromatic rings. The summed E-state index contributed by atoms with van der Waals surface area (Å²) in [6, 6.07) is 3.64. The van der Waals surface area contributed by atoms with Gasteiger partial charge in [-0.1, -0.05) is 45.4 Å². The van der Waals surface area contributed by atoms with Crippen molar-refractivity contribution in [3.05, 3.63) is 44.0 Å². The van der Waals surface area contributed by atoms with Gasteiger partial charge in [-0.2, -0.15) is 0 Å². The first kappa shape index (κ1) is 18.0. The maximum absolute atomic E-state index is 11.0. The van der Waals surface area contributed by atoms with Crippen molar-refractivity contribution in [1.82, 2.24) is 0 Å². The zero-order valence-corrected chi connectivity index (χ0v) is 12.7. The average molecular weight is 310 g/mol. The molecule has 0 heterocycles. The highest BCUT2D eigenvalue weighted by Gasteiger charge is 2.29. The third-order valence-electron chi connectivity index (χ3n) is 3.62. The van der Waals surface area contributed by atoms with E-state index >= 15 is 0 Å². The van der Waals surface area contributed by atoms with Crippen LogP contribution in [0.25, 0.3) is 0 Å². The molecule has 7 nitrogen and oxygen atoms in total. The first-order valence-electron chi connectivity index (χ1n) is 7.58. The van der Waals surface area contributed by atoms with Gasteiger partial charge in [0.25, 0.3) is 11.4 Å². The summed E-state index contributed by atoms with van der Waals surface area (Å²) in [6.07, 6.45) is 5.17. The third kappa shape index (κ3) is 5.07. The van der Waals surface area contributed by atoms with Crippen molar-refractivity contribution in [1.29, 1.82) is 0 Å². The van der Waals surface area contributed by atoms with Crippen molar-refractivity contribution in [2.45, 2.75) is 58.0 Å². The molecule has 1 unspecified atom stereocenters. The van der Waals surface area contributed by atoms with Crippen molar-refractivity contribution in [3.8, 4) is 0 Å². The Morgan fingerprint density at radius 1 is 1.00 bits per heavy atom.